The van der Waals surface area contributed by atoms with Gasteiger partial charge in [-0.1, -0.05) is 18.2 Å². The minimum Gasteiger partial charge on any atom is -0.435 e. The van der Waals surface area contributed by atoms with E-state index in [4.69, 9.17) is 4.42 Å². The number of oxazole rings is 1. The average Bonchev–Trinajstić information content (AvgIpc) is 3.32. The monoisotopic (exact) mass is 517 g/mol. The Morgan fingerprint density at radius 1 is 1.11 bits per heavy atom. The molecule has 0 radical (unpaired) electrons. The molecule has 1 amide bonds. The molecule has 37 heavy (non-hydrogen) atoms. The number of benzene rings is 2. The van der Waals surface area contributed by atoms with Crippen LogP contribution in [0.4, 0.5) is 18.9 Å². The van der Waals surface area contributed by atoms with Crippen LogP contribution in [0, 0.1) is 10.1 Å². The fourth-order valence-electron chi connectivity index (χ4n) is 4.09. The highest BCUT2D eigenvalue weighted by Crippen LogP contribution is 2.37. The third-order valence-electron chi connectivity index (χ3n) is 6.13. The predicted molar refractivity (Wildman–Crippen MR) is 130 cm³/mol. The van der Waals surface area contributed by atoms with Crippen LogP contribution in [0.15, 0.2) is 52.9 Å². The van der Waals surface area contributed by atoms with Crippen molar-refractivity contribution < 1.29 is 27.3 Å². The second-order valence-electron chi connectivity index (χ2n) is 8.99. The molecule has 1 aliphatic rings. The van der Waals surface area contributed by atoms with Gasteiger partial charge in [0.2, 0.25) is 5.89 Å². The first-order chi connectivity index (χ1) is 17.5. The molecule has 2 aromatic carbocycles. The second-order valence-corrected chi connectivity index (χ2v) is 8.99. The Kier molecular flexibility index (Phi) is 7.60. The molecule has 9 nitrogen and oxygen atoms in total. The molecule has 0 bridgehead atoms. The van der Waals surface area contributed by atoms with Gasteiger partial charge in [0.25, 0.3) is 11.6 Å². The molecule has 0 unspecified atom stereocenters. The summed E-state index contributed by atoms with van der Waals surface area (Å²) in [6, 6.07) is 10.1. The van der Waals surface area contributed by atoms with Gasteiger partial charge >= 0.3 is 6.18 Å². The summed E-state index contributed by atoms with van der Waals surface area (Å²) in [6.07, 6.45) is -4.59. The van der Waals surface area contributed by atoms with Crippen molar-refractivity contribution in [3.63, 3.8) is 0 Å². The van der Waals surface area contributed by atoms with Crippen LogP contribution in [0.2, 0.25) is 0 Å². The number of carbonyl (C=O) groups is 1. The lowest BCUT2D eigenvalue weighted by molar-refractivity contribution is -0.384. The third-order valence-corrected chi connectivity index (χ3v) is 6.13. The van der Waals surface area contributed by atoms with Gasteiger partial charge in [0.05, 0.1) is 16.1 Å². The molecule has 12 heteroatoms. The molecular formula is C25H26F3N5O4. The second kappa shape index (κ2) is 10.7. The zero-order valence-corrected chi connectivity index (χ0v) is 20.4. The number of hydrogen-bond donors (Lipinski definition) is 0. The molecule has 196 valence electrons. The minimum atomic E-state index is -4.59. The number of nitrogens with zero attached hydrogens (tertiary/aromatic N) is 5. The van der Waals surface area contributed by atoms with Crippen molar-refractivity contribution in [1.82, 2.24) is 19.7 Å². The molecule has 0 N–H and O–H groups in total. The number of halogens is 3. The van der Waals surface area contributed by atoms with E-state index >= 15 is 0 Å². The predicted octanol–water partition coefficient (Wildman–Crippen LogP) is 4.26. The summed E-state index contributed by atoms with van der Waals surface area (Å²) >= 11 is 0. The number of nitro groups is 1. The standard InChI is InChI=1S/C25H26F3N5O4/c1-30(2)10-11-31-12-14-32(15-13-31)24(34)21-22(19-8-3-4-9-20(19)33(35)36)37-23(29-21)17-6-5-7-18(16-17)25(26,27)28/h3-9,16H,10-15H2,1-2H3. The number of carbonyl (C=O) groups excluding carboxylic acids is 1. The number of likely N-dealkylation sites (N-methyl/N-ethyl adjacent to an activating group) is 1. The number of para-hydroxylation sites is 1. The maximum absolute atomic E-state index is 13.5. The smallest absolute Gasteiger partial charge is 0.416 e. The van der Waals surface area contributed by atoms with Crippen molar-refractivity contribution >= 4 is 11.6 Å². The van der Waals surface area contributed by atoms with Gasteiger partial charge in [0.1, 0.15) is 0 Å². The van der Waals surface area contributed by atoms with Gasteiger partial charge in [-0.05, 0) is 38.4 Å². The quantitative estimate of drug-likeness (QED) is 0.341. The fraction of sp³-hybridized carbons (Fsp3) is 0.360. The van der Waals surface area contributed by atoms with Crippen LogP contribution < -0.4 is 0 Å². The van der Waals surface area contributed by atoms with Crippen molar-refractivity contribution in [3.8, 4) is 22.8 Å². The first-order valence-electron chi connectivity index (χ1n) is 11.6. The highest BCUT2D eigenvalue weighted by Gasteiger charge is 2.33. The van der Waals surface area contributed by atoms with Gasteiger partial charge < -0.3 is 14.2 Å². The van der Waals surface area contributed by atoms with Crippen molar-refractivity contribution in [1.29, 1.82) is 0 Å². The first kappa shape index (κ1) is 26.3. The van der Waals surface area contributed by atoms with E-state index in [2.05, 4.69) is 14.8 Å². The zero-order chi connectivity index (χ0) is 26.7. The largest absolute Gasteiger partial charge is 0.435 e. The van der Waals surface area contributed by atoms with Gasteiger partial charge in [0.15, 0.2) is 11.5 Å². The number of aromatic nitrogens is 1. The molecule has 1 fully saturated rings. The van der Waals surface area contributed by atoms with E-state index in [1.165, 1.54) is 30.3 Å². The van der Waals surface area contributed by atoms with Crippen LogP contribution in [0.25, 0.3) is 22.8 Å². The van der Waals surface area contributed by atoms with E-state index in [1.54, 1.807) is 11.0 Å². The van der Waals surface area contributed by atoms with E-state index in [9.17, 15) is 28.1 Å². The van der Waals surface area contributed by atoms with Crippen LogP contribution in [-0.4, -0.2) is 83.9 Å². The average molecular weight is 518 g/mol. The lowest BCUT2D eigenvalue weighted by Gasteiger charge is -2.34. The van der Waals surface area contributed by atoms with E-state index in [1.807, 2.05) is 14.1 Å². The molecule has 1 saturated heterocycles. The van der Waals surface area contributed by atoms with Crippen LogP contribution in [0.3, 0.4) is 0 Å². The SMILES string of the molecule is CN(C)CCN1CCN(C(=O)c2nc(-c3cccc(C(F)(F)F)c3)oc2-c2ccccc2[N+](=O)[O-])CC1. The van der Waals surface area contributed by atoms with Gasteiger partial charge in [-0.25, -0.2) is 4.98 Å². The third kappa shape index (κ3) is 5.97. The Bertz CT molecular complexity index is 1280. The lowest BCUT2D eigenvalue weighted by Crippen LogP contribution is -2.50. The van der Waals surface area contributed by atoms with Crippen molar-refractivity contribution in [3.05, 3.63) is 69.9 Å². The van der Waals surface area contributed by atoms with Gasteiger partial charge in [-0.15, -0.1) is 0 Å². The lowest BCUT2D eigenvalue weighted by atomic mass is 10.1. The topological polar surface area (TPSA) is 96.0 Å². The molecule has 1 aliphatic heterocycles. The molecule has 1 aromatic heterocycles. The highest BCUT2D eigenvalue weighted by atomic mass is 19.4. The van der Waals surface area contributed by atoms with Crippen LogP contribution >= 0.6 is 0 Å². The number of amides is 1. The molecule has 3 aromatic rings. The van der Waals surface area contributed by atoms with E-state index < -0.39 is 22.6 Å². The van der Waals surface area contributed by atoms with Crippen molar-refractivity contribution in [2.24, 2.45) is 0 Å². The first-order valence-corrected chi connectivity index (χ1v) is 11.6. The highest BCUT2D eigenvalue weighted by molar-refractivity contribution is 5.99. The summed E-state index contributed by atoms with van der Waals surface area (Å²) in [5.74, 6) is -0.880. The Hall–Kier alpha value is -3.77. The van der Waals surface area contributed by atoms with Gasteiger partial charge in [-0.3, -0.25) is 19.8 Å². The Morgan fingerprint density at radius 3 is 2.46 bits per heavy atom. The van der Waals surface area contributed by atoms with Crippen LogP contribution in [0.5, 0.6) is 0 Å². The molecule has 0 aliphatic carbocycles. The number of piperazine rings is 1. The van der Waals surface area contributed by atoms with Gasteiger partial charge in [0, 0.05) is 50.9 Å². The summed E-state index contributed by atoms with van der Waals surface area (Å²) in [5.41, 5.74) is -1.37. The molecule has 0 atom stereocenters. The minimum absolute atomic E-state index is 0.00205. The maximum Gasteiger partial charge on any atom is 0.416 e. The molecule has 0 spiro atoms. The summed E-state index contributed by atoms with van der Waals surface area (Å²) in [5, 5.41) is 11.7. The van der Waals surface area contributed by atoms with Crippen LogP contribution in [0.1, 0.15) is 16.1 Å². The van der Waals surface area contributed by atoms with Crippen molar-refractivity contribution in [2.45, 2.75) is 6.18 Å². The maximum atomic E-state index is 13.5. The summed E-state index contributed by atoms with van der Waals surface area (Å²) < 4.78 is 45.6. The van der Waals surface area contributed by atoms with Crippen LogP contribution in [-0.2, 0) is 6.18 Å². The number of alkyl halides is 3. The normalized spacial score (nSPS) is 14.8. The summed E-state index contributed by atoms with van der Waals surface area (Å²) in [4.78, 5) is 34.7. The number of hydrogen-bond acceptors (Lipinski definition) is 7. The fourth-order valence-corrected chi connectivity index (χ4v) is 4.09. The zero-order valence-electron chi connectivity index (χ0n) is 20.4. The Labute approximate surface area is 211 Å². The summed E-state index contributed by atoms with van der Waals surface area (Å²) in [6.45, 7) is 3.82. The number of nitro benzene ring substituents is 1. The Balaban J connectivity index is 1.71. The Morgan fingerprint density at radius 2 is 1.81 bits per heavy atom. The number of rotatable bonds is 7. The summed E-state index contributed by atoms with van der Waals surface area (Å²) in [7, 11) is 3.97. The molecule has 4 rings (SSSR count). The molecule has 2 heterocycles. The van der Waals surface area contributed by atoms with E-state index in [0.717, 1.165) is 25.2 Å². The van der Waals surface area contributed by atoms with E-state index in [0.29, 0.717) is 26.2 Å². The van der Waals surface area contributed by atoms with E-state index in [-0.39, 0.29) is 34.2 Å². The molecular weight excluding hydrogens is 491 g/mol. The van der Waals surface area contributed by atoms with Gasteiger partial charge in [-0.2, -0.15) is 13.2 Å². The van der Waals surface area contributed by atoms with Crippen molar-refractivity contribution in [2.75, 3.05) is 53.4 Å². The molecule has 0 saturated carbocycles.